The van der Waals surface area contributed by atoms with Gasteiger partial charge >= 0.3 is 5.97 Å². The molecule has 2 rings (SSSR count). The van der Waals surface area contributed by atoms with E-state index in [-0.39, 0.29) is 10.1 Å². The molecule has 1 aliphatic heterocycles. The summed E-state index contributed by atoms with van der Waals surface area (Å²) >= 11 is 11.6. The van der Waals surface area contributed by atoms with Crippen LogP contribution >= 0.6 is 23.2 Å². The van der Waals surface area contributed by atoms with Gasteiger partial charge in [0.05, 0.1) is 5.03 Å². The third-order valence-corrected chi connectivity index (χ3v) is 3.07. The number of rotatable bonds is 1. The van der Waals surface area contributed by atoms with Gasteiger partial charge in [-0.25, -0.2) is 4.79 Å². The van der Waals surface area contributed by atoms with Crippen molar-refractivity contribution in [2.75, 3.05) is 0 Å². The molecule has 1 aromatic carbocycles. The predicted molar refractivity (Wildman–Crippen MR) is 58.7 cm³/mol. The molecule has 0 saturated carbocycles. The molecule has 0 aliphatic carbocycles. The summed E-state index contributed by atoms with van der Waals surface area (Å²) in [6.45, 7) is 1.98. The van der Waals surface area contributed by atoms with Crippen molar-refractivity contribution in [3.63, 3.8) is 0 Å². The lowest BCUT2D eigenvalue weighted by Gasteiger charge is -2.10. The number of carbonyl (C=O) groups excluding carboxylic acids is 1. The van der Waals surface area contributed by atoms with Gasteiger partial charge in [-0.2, -0.15) is 0 Å². The van der Waals surface area contributed by atoms with Gasteiger partial charge in [0.15, 0.2) is 6.10 Å². The quantitative estimate of drug-likeness (QED) is 0.707. The van der Waals surface area contributed by atoms with E-state index in [0.717, 1.165) is 11.1 Å². The molecule has 1 aromatic rings. The molecule has 78 valence electrons. The fraction of sp³-hybridized carbons (Fsp3) is 0.182. The molecule has 0 radical (unpaired) electrons. The van der Waals surface area contributed by atoms with Gasteiger partial charge in [-0.15, -0.1) is 0 Å². The Morgan fingerprint density at radius 2 is 1.80 bits per heavy atom. The first-order chi connectivity index (χ1) is 7.09. The van der Waals surface area contributed by atoms with E-state index in [2.05, 4.69) is 0 Å². The molecular formula is C11H8Cl2O2. The number of ether oxygens (including phenoxy) is 1. The van der Waals surface area contributed by atoms with Gasteiger partial charge in [0.1, 0.15) is 5.03 Å². The summed E-state index contributed by atoms with van der Waals surface area (Å²) in [6.07, 6.45) is -0.549. The fourth-order valence-electron chi connectivity index (χ4n) is 1.38. The molecular weight excluding hydrogens is 235 g/mol. The van der Waals surface area contributed by atoms with E-state index in [4.69, 9.17) is 27.9 Å². The van der Waals surface area contributed by atoms with Crippen molar-refractivity contribution in [1.29, 1.82) is 0 Å². The highest BCUT2D eigenvalue weighted by atomic mass is 35.5. The molecule has 1 unspecified atom stereocenters. The summed E-state index contributed by atoms with van der Waals surface area (Å²) in [5.74, 6) is -0.563. The number of aryl methyl sites for hydroxylation is 1. The lowest BCUT2D eigenvalue weighted by atomic mass is 10.1. The van der Waals surface area contributed by atoms with Gasteiger partial charge < -0.3 is 4.74 Å². The number of carbonyl (C=O) groups is 1. The lowest BCUT2D eigenvalue weighted by Crippen LogP contribution is -2.01. The highest BCUT2D eigenvalue weighted by Gasteiger charge is 2.33. The van der Waals surface area contributed by atoms with Crippen molar-refractivity contribution in [3.8, 4) is 0 Å². The Labute approximate surface area is 97.4 Å². The zero-order valence-corrected chi connectivity index (χ0v) is 9.47. The maximum atomic E-state index is 11.1. The third-order valence-electron chi connectivity index (χ3n) is 2.22. The Morgan fingerprint density at radius 3 is 2.27 bits per heavy atom. The fourth-order valence-corrected chi connectivity index (χ4v) is 1.77. The zero-order chi connectivity index (χ0) is 11.0. The van der Waals surface area contributed by atoms with Crippen molar-refractivity contribution in [2.45, 2.75) is 13.0 Å². The molecule has 0 saturated heterocycles. The maximum absolute atomic E-state index is 11.1. The minimum absolute atomic E-state index is 0.0257. The average molecular weight is 243 g/mol. The number of benzene rings is 1. The van der Waals surface area contributed by atoms with Crippen molar-refractivity contribution in [2.24, 2.45) is 0 Å². The summed E-state index contributed by atoms with van der Waals surface area (Å²) in [6, 6.07) is 7.59. The molecule has 0 amide bonds. The largest absolute Gasteiger partial charge is 0.447 e. The topological polar surface area (TPSA) is 26.3 Å². The van der Waals surface area contributed by atoms with E-state index in [0.29, 0.717) is 0 Å². The zero-order valence-electron chi connectivity index (χ0n) is 7.96. The highest BCUT2D eigenvalue weighted by molar-refractivity contribution is 6.48. The second kappa shape index (κ2) is 3.87. The Balaban J connectivity index is 2.35. The molecule has 1 aliphatic rings. The first-order valence-electron chi connectivity index (χ1n) is 4.42. The molecule has 0 bridgehead atoms. The molecule has 0 fully saturated rings. The molecule has 15 heavy (non-hydrogen) atoms. The van der Waals surface area contributed by atoms with E-state index in [1.54, 1.807) is 0 Å². The highest BCUT2D eigenvalue weighted by Crippen LogP contribution is 2.38. The second-order valence-electron chi connectivity index (χ2n) is 3.36. The summed E-state index contributed by atoms with van der Waals surface area (Å²) < 4.78 is 5.03. The first kappa shape index (κ1) is 10.5. The van der Waals surface area contributed by atoms with Crippen LogP contribution in [0.5, 0.6) is 0 Å². The third kappa shape index (κ3) is 1.87. The van der Waals surface area contributed by atoms with Crippen LogP contribution in [-0.2, 0) is 9.53 Å². The van der Waals surface area contributed by atoms with Gasteiger partial charge in [-0.1, -0.05) is 53.0 Å². The van der Waals surface area contributed by atoms with Crippen LogP contribution in [0.3, 0.4) is 0 Å². The van der Waals surface area contributed by atoms with Crippen molar-refractivity contribution in [1.82, 2.24) is 0 Å². The summed E-state index contributed by atoms with van der Waals surface area (Å²) in [7, 11) is 0. The molecule has 1 atom stereocenters. The van der Waals surface area contributed by atoms with E-state index in [1.165, 1.54) is 0 Å². The Bertz CT molecular complexity index is 434. The van der Waals surface area contributed by atoms with Crippen LogP contribution < -0.4 is 0 Å². The van der Waals surface area contributed by atoms with Crippen LogP contribution in [-0.4, -0.2) is 5.97 Å². The van der Waals surface area contributed by atoms with Crippen LogP contribution in [0.4, 0.5) is 0 Å². The number of cyclic esters (lactones) is 1. The SMILES string of the molecule is Cc1ccc(C2OC(=O)C(Cl)=C2Cl)cc1. The summed E-state index contributed by atoms with van der Waals surface area (Å²) in [4.78, 5) is 11.1. The van der Waals surface area contributed by atoms with Crippen LogP contribution in [0.1, 0.15) is 17.2 Å². The Morgan fingerprint density at radius 1 is 1.20 bits per heavy atom. The van der Waals surface area contributed by atoms with E-state index >= 15 is 0 Å². The average Bonchev–Trinajstić information content (AvgIpc) is 2.47. The molecule has 0 aromatic heterocycles. The number of hydrogen-bond acceptors (Lipinski definition) is 2. The predicted octanol–water partition coefficient (Wildman–Crippen LogP) is 3.28. The van der Waals surface area contributed by atoms with Crippen LogP contribution in [0, 0.1) is 6.92 Å². The second-order valence-corrected chi connectivity index (χ2v) is 4.14. The number of hydrogen-bond donors (Lipinski definition) is 0. The van der Waals surface area contributed by atoms with Crippen molar-refractivity contribution < 1.29 is 9.53 Å². The van der Waals surface area contributed by atoms with Gasteiger partial charge in [0, 0.05) is 0 Å². The van der Waals surface area contributed by atoms with E-state index < -0.39 is 12.1 Å². The maximum Gasteiger partial charge on any atom is 0.352 e. The van der Waals surface area contributed by atoms with E-state index in [9.17, 15) is 4.79 Å². The minimum Gasteiger partial charge on any atom is -0.447 e. The smallest absolute Gasteiger partial charge is 0.352 e. The van der Waals surface area contributed by atoms with Crippen LogP contribution in [0.15, 0.2) is 34.3 Å². The summed E-state index contributed by atoms with van der Waals surface area (Å²) in [5.41, 5.74) is 1.96. The van der Waals surface area contributed by atoms with Crippen LogP contribution in [0.2, 0.25) is 0 Å². The van der Waals surface area contributed by atoms with Crippen LogP contribution in [0.25, 0.3) is 0 Å². The number of halogens is 2. The summed E-state index contributed by atoms with van der Waals surface area (Å²) in [5, 5.41) is 0.229. The molecule has 2 nitrogen and oxygen atoms in total. The van der Waals surface area contributed by atoms with Crippen molar-refractivity contribution >= 4 is 29.2 Å². The van der Waals surface area contributed by atoms with Gasteiger partial charge in [-0.3, -0.25) is 0 Å². The lowest BCUT2D eigenvalue weighted by molar-refractivity contribution is -0.139. The minimum atomic E-state index is -0.563. The molecule has 0 spiro atoms. The van der Waals surface area contributed by atoms with Gasteiger partial charge in [-0.05, 0) is 12.5 Å². The molecule has 4 heteroatoms. The molecule has 0 N–H and O–H groups in total. The van der Waals surface area contributed by atoms with Gasteiger partial charge in [0.25, 0.3) is 0 Å². The monoisotopic (exact) mass is 242 g/mol. The molecule has 1 heterocycles. The Hall–Kier alpha value is -0.990. The van der Waals surface area contributed by atoms with Gasteiger partial charge in [0.2, 0.25) is 0 Å². The normalized spacial score (nSPS) is 20.7. The first-order valence-corrected chi connectivity index (χ1v) is 5.18. The standard InChI is InChI=1S/C11H8Cl2O2/c1-6-2-4-7(5-3-6)10-8(12)9(13)11(14)15-10/h2-5,10H,1H3. The van der Waals surface area contributed by atoms with E-state index in [1.807, 2.05) is 31.2 Å². The number of esters is 1. The van der Waals surface area contributed by atoms with Crippen molar-refractivity contribution in [3.05, 3.63) is 45.5 Å². The Kier molecular flexibility index (Phi) is 2.72.